The van der Waals surface area contributed by atoms with Gasteiger partial charge in [0.25, 0.3) is 5.56 Å². The molecule has 0 bridgehead atoms. The average molecular weight is 283 g/mol. The van der Waals surface area contributed by atoms with Crippen LogP contribution >= 0.6 is 11.6 Å². The van der Waals surface area contributed by atoms with E-state index in [1.54, 1.807) is 6.92 Å². The first-order valence-corrected chi connectivity index (χ1v) is 5.94. The smallest absolute Gasteiger partial charge is 0.344 e. The predicted molar refractivity (Wildman–Crippen MR) is 69.3 cm³/mol. The van der Waals surface area contributed by atoms with Crippen LogP contribution in [-0.4, -0.2) is 27.7 Å². The van der Waals surface area contributed by atoms with Gasteiger partial charge in [-0.1, -0.05) is 11.6 Å². The molecule has 0 atom stereocenters. The first-order valence-electron chi connectivity index (χ1n) is 5.56. The summed E-state index contributed by atoms with van der Waals surface area (Å²) in [7, 11) is 0. The molecule has 0 fully saturated rings. The standard InChI is InChI=1S/C12H11ClN2O4/c1-2-19-12(18)9-8(5-16)7-3-6(13)4-14-10(7)15-11(9)17/h3-4,16H,2,5H2,1H3,(H,14,15,17). The lowest BCUT2D eigenvalue weighted by Gasteiger charge is -2.09. The van der Waals surface area contributed by atoms with Crippen molar-refractivity contribution in [2.24, 2.45) is 0 Å². The lowest BCUT2D eigenvalue weighted by Crippen LogP contribution is -2.23. The van der Waals surface area contributed by atoms with Crippen LogP contribution in [0.4, 0.5) is 0 Å². The normalized spacial score (nSPS) is 10.7. The van der Waals surface area contributed by atoms with Crippen molar-refractivity contribution in [3.05, 3.63) is 38.8 Å². The number of pyridine rings is 2. The van der Waals surface area contributed by atoms with Gasteiger partial charge in [-0.25, -0.2) is 9.78 Å². The number of nitrogens with zero attached hydrogens (tertiary/aromatic N) is 1. The molecule has 19 heavy (non-hydrogen) atoms. The van der Waals surface area contributed by atoms with E-state index >= 15 is 0 Å². The fraction of sp³-hybridized carbons (Fsp3) is 0.250. The highest BCUT2D eigenvalue weighted by molar-refractivity contribution is 6.31. The molecule has 2 rings (SSSR count). The lowest BCUT2D eigenvalue weighted by atomic mass is 10.1. The summed E-state index contributed by atoms with van der Waals surface area (Å²) in [6, 6.07) is 1.52. The number of carbonyl (C=O) groups excluding carboxylic acids is 1. The molecule has 0 amide bonds. The Kier molecular flexibility index (Phi) is 3.82. The summed E-state index contributed by atoms with van der Waals surface area (Å²) < 4.78 is 4.81. The number of H-pyrrole nitrogens is 1. The van der Waals surface area contributed by atoms with Crippen LogP contribution < -0.4 is 5.56 Å². The molecule has 0 unspecified atom stereocenters. The van der Waals surface area contributed by atoms with Gasteiger partial charge in [-0.05, 0) is 13.0 Å². The fourth-order valence-corrected chi connectivity index (χ4v) is 1.95. The van der Waals surface area contributed by atoms with Crippen molar-refractivity contribution >= 4 is 28.6 Å². The molecular weight excluding hydrogens is 272 g/mol. The van der Waals surface area contributed by atoms with Gasteiger partial charge in [0.2, 0.25) is 0 Å². The van der Waals surface area contributed by atoms with Gasteiger partial charge in [-0.2, -0.15) is 0 Å². The molecule has 6 nitrogen and oxygen atoms in total. The molecule has 0 aliphatic heterocycles. The number of halogens is 1. The van der Waals surface area contributed by atoms with Crippen molar-refractivity contribution in [1.29, 1.82) is 0 Å². The highest BCUT2D eigenvalue weighted by Crippen LogP contribution is 2.21. The number of aliphatic hydroxyl groups is 1. The number of hydrogen-bond donors (Lipinski definition) is 2. The minimum absolute atomic E-state index is 0.134. The third-order valence-electron chi connectivity index (χ3n) is 2.58. The zero-order valence-corrected chi connectivity index (χ0v) is 10.8. The number of hydrogen-bond acceptors (Lipinski definition) is 5. The summed E-state index contributed by atoms with van der Waals surface area (Å²) in [5.41, 5.74) is -0.454. The summed E-state index contributed by atoms with van der Waals surface area (Å²) in [5.74, 6) is -0.783. The summed E-state index contributed by atoms with van der Waals surface area (Å²) in [6.45, 7) is 1.27. The Balaban J connectivity index is 2.79. The average Bonchev–Trinajstić information content (AvgIpc) is 2.38. The van der Waals surface area contributed by atoms with Gasteiger partial charge in [0.05, 0.1) is 18.2 Å². The van der Waals surface area contributed by atoms with E-state index in [0.29, 0.717) is 10.4 Å². The third-order valence-corrected chi connectivity index (χ3v) is 2.78. The van der Waals surface area contributed by atoms with Gasteiger partial charge in [-0.15, -0.1) is 0 Å². The molecule has 100 valence electrons. The molecule has 0 aromatic carbocycles. The van der Waals surface area contributed by atoms with Gasteiger partial charge in [0.1, 0.15) is 11.2 Å². The van der Waals surface area contributed by atoms with Crippen molar-refractivity contribution in [2.45, 2.75) is 13.5 Å². The van der Waals surface area contributed by atoms with Crippen molar-refractivity contribution in [3.8, 4) is 0 Å². The molecule has 2 aromatic rings. The molecule has 0 aliphatic rings. The zero-order chi connectivity index (χ0) is 14.0. The number of aromatic nitrogens is 2. The minimum atomic E-state index is -0.783. The Labute approximate surface area is 113 Å². The van der Waals surface area contributed by atoms with Crippen LogP contribution in [0.15, 0.2) is 17.1 Å². The van der Waals surface area contributed by atoms with E-state index in [4.69, 9.17) is 16.3 Å². The van der Waals surface area contributed by atoms with E-state index in [9.17, 15) is 14.7 Å². The summed E-state index contributed by atoms with van der Waals surface area (Å²) in [4.78, 5) is 30.0. The van der Waals surface area contributed by atoms with E-state index < -0.39 is 18.1 Å². The van der Waals surface area contributed by atoms with Gasteiger partial charge < -0.3 is 14.8 Å². The van der Waals surface area contributed by atoms with Crippen LogP contribution in [0.1, 0.15) is 22.8 Å². The number of fused-ring (bicyclic) bond motifs is 1. The summed E-state index contributed by atoms with van der Waals surface area (Å²) in [5, 5.41) is 10.2. The molecule has 0 saturated heterocycles. The van der Waals surface area contributed by atoms with Crippen LogP contribution in [-0.2, 0) is 11.3 Å². The molecule has 0 spiro atoms. The lowest BCUT2D eigenvalue weighted by molar-refractivity contribution is 0.0521. The number of aliphatic hydroxyl groups excluding tert-OH is 1. The fourth-order valence-electron chi connectivity index (χ4n) is 1.79. The van der Waals surface area contributed by atoms with Gasteiger partial charge in [-0.3, -0.25) is 4.79 Å². The van der Waals surface area contributed by atoms with Crippen molar-refractivity contribution in [3.63, 3.8) is 0 Å². The molecule has 0 saturated carbocycles. The molecular formula is C12H11ClN2O4. The van der Waals surface area contributed by atoms with Crippen molar-refractivity contribution in [1.82, 2.24) is 9.97 Å². The highest BCUT2D eigenvalue weighted by Gasteiger charge is 2.20. The van der Waals surface area contributed by atoms with E-state index in [0.717, 1.165) is 0 Å². The van der Waals surface area contributed by atoms with Gasteiger partial charge in [0.15, 0.2) is 0 Å². The van der Waals surface area contributed by atoms with Crippen molar-refractivity contribution in [2.75, 3.05) is 6.61 Å². The number of nitrogens with one attached hydrogen (secondary N) is 1. The predicted octanol–water partition coefficient (Wildman–Crippen LogP) is 1.25. The minimum Gasteiger partial charge on any atom is -0.462 e. The Hall–Kier alpha value is -1.92. The van der Waals surface area contributed by atoms with E-state index in [1.165, 1.54) is 12.3 Å². The summed E-state index contributed by atoms with van der Waals surface area (Å²) in [6.07, 6.45) is 1.37. The largest absolute Gasteiger partial charge is 0.462 e. The topological polar surface area (TPSA) is 92.3 Å². The number of esters is 1. The Morgan fingerprint density at radius 1 is 1.58 bits per heavy atom. The highest BCUT2D eigenvalue weighted by atomic mass is 35.5. The molecule has 0 radical (unpaired) electrons. The molecule has 2 aromatic heterocycles. The second kappa shape index (κ2) is 5.38. The Morgan fingerprint density at radius 3 is 2.95 bits per heavy atom. The second-order valence-electron chi connectivity index (χ2n) is 3.74. The maximum Gasteiger partial charge on any atom is 0.344 e. The van der Waals surface area contributed by atoms with E-state index in [1.807, 2.05) is 0 Å². The van der Waals surface area contributed by atoms with Crippen LogP contribution in [0.3, 0.4) is 0 Å². The Bertz CT molecular complexity index is 696. The zero-order valence-electron chi connectivity index (χ0n) is 10.1. The SMILES string of the molecule is CCOC(=O)c1c(CO)c2cc(Cl)cnc2[nH]c1=O. The number of aromatic amines is 1. The van der Waals surface area contributed by atoms with Crippen LogP contribution in [0.25, 0.3) is 11.0 Å². The monoisotopic (exact) mass is 282 g/mol. The maximum absolute atomic E-state index is 11.9. The molecule has 2 N–H and O–H groups in total. The molecule has 2 heterocycles. The van der Waals surface area contributed by atoms with Gasteiger partial charge >= 0.3 is 5.97 Å². The van der Waals surface area contributed by atoms with E-state index in [-0.39, 0.29) is 23.4 Å². The second-order valence-corrected chi connectivity index (χ2v) is 4.17. The van der Waals surface area contributed by atoms with E-state index in [2.05, 4.69) is 9.97 Å². The van der Waals surface area contributed by atoms with Crippen LogP contribution in [0.2, 0.25) is 5.02 Å². The quantitative estimate of drug-likeness (QED) is 0.827. The third kappa shape index (κ3) is 2.45. The molecule has 7 heteroatoms. The van der Waals surface area contributed by atoms with Gasteiger partial charge in [0, 0.05) is 17.1 Å². The first kappa shape index (κ1) is 13.5. The summed E-state index contributed by atoms with van der Waals surface area (Å²) >= 11 is 5.83. The maximum atomic E-state index is 11.9. The number of carbonyl (C=O) groups is 1. The number of rotatable bonds is 3. The molecule has 0 aliphatic carbocycles. The Morgan fingerprint density at radius 2 is 2.32 bits per heavy atom. The van der Waals surface area contributed by atoms with Crippen LogP contribution in [0, 0.1) is 0 Å². The number of ether oxygens (including phenoxy) is 1. The van der Waals surface area contributed by atoms with Crippen molar-refractivity contribution < 1.29 is 14.6 Å². The first-order chi connectivity index (χ1) is 9.08. The van der Waals surface area contributed by atoms with Crippen LogP contribution in [0.5, 0.6) is 0 Å².